The van der Waals surface area contributed by atoms with Crippen molar-refractivity contribution in [3.05, 3.63) is 42.4 Å². The fourth-order valence-corrected chi connectivity index (χ4v) is 5.19. The van der Waals surface area contributed by atoms with Crippen LogP contribution in [0.2, 0.25) is 0 Å². The van der Waals surface area contributed by atoms with Gasteiger partial charge in [0.15, 0.2) is 0 Å². The summed E-state index contributed by atoms with van der Waals surface area (Å²) in [6.45, 7) is 5.23. The van der Waals surface area contributed by atoms with Gasteiger partial charge in [-0.15, -0.1) is 5.10 Å². The average molecular weight is 409 g/mol. The third kappa shape index (κ3) is 3.63. The zero-order valence-corrected chi connectivity index (χ0v) is 17.7. The lowest BCUT2D eigenvalue weighted by molar-refractivity contribution is -0.00545. The molecule has 0 amide bonds. The number of rotatable bonds is 5. The lowest BCUT2D eigenvalue weighted by Gasteiger charge is -2.37. The Labute approximate surface area is 176 Å². The lowest BCUT2D eigenvalue weighted by Crippen LogP contribution is -2.37. The summed E-state index contributed by atoms with van der Waals surface area (Å²) in [6, 6.07) is 2.38. The van der Waals surface area contributed by atoms with E-state index in [0.29, 0.717) is 11.8 Å². The Balaban J connectivity index is 1.31. The molecule has 3 aromatic rings. The molecule has 0 aromatic carbocycles. The minimum atomic E-state index is 0.145. The minimum Gasteiger partial charge on any atom is -0.379 e. The Kier molecular flexibility index (Phi) is 5.08. The van der Waals surface area contributed by atoms with Crippen molar-refractivity contribution in [2.75, 3.05) is 20.2 Å². The van der Waals surface area contributed by atoms with Crippen LogP contribution in [0.4, 0.5) is 0 Å². The van der Waals surface area contributed by atoms with Crippen molar-refractivity contribution >= 4 is 0 Å². The van der Waals surface area contributed by atoms with Crippen LogP contribution in [0.25, 0.3) is 11.3 Å². The number of hydrogen-bond acceptors (Lipinski definition) is 7. The maximum absolute atomic E-state index is 5.91. The molecule has 9 heteroatoms. The van der Waals surface area contributed by atoms with Crippen molar-refractivity contribution in [2.24, 2.45) is 18.9 Å². The monoisotopic (exact) mass is 408 g/mol. The van der Waals surface area contributed by atoms with Gasteiger partial charge >= 0.3 is 0 Å². The van der Waals surface area contributed by atoms with Crippen molar-refractivity contribution < 1.29 is 4.74 Å². The second-order valence-corrected chi connectivity index (χ2v) is 8.64. The highest BCUT2D eigenvalue weighted by Gasteiger charge is 2.43. The number of nitrogens with zero attached hydrogens (tertiary/aromatic N) is 8. The van der Waals surface area contributed by atoms with Crippen molar-refractivity contribution in [1.29, 1.82) is 0 Å². The van der Waals surface area contributed by atoms with Crippen LogP contribution in [0.15, 0.2) is 31.0 Å². The second kappa shape index (κ2) is 7.88. The van der Waals surface area contributed by atoms with Crippen LogP contribution in [0.5, 0.6) is 0 Å². The van der Waals surface area contributed by atoms with Crippen molar-refractivity contribution in [2.45, 2.75) is 38.5 Å². The molecule has 1 saturated carbocycles. The van der Waals surface area contributed by atoms with Crippen LogP contribution in [-0.2, 0) is 18.3 Å². The molecule has 0 bridgehead atoms. The third-order valence-corrected chi connectivity index (χ3v) is 6.65. The second-order valence-electron chi connectivity index (χ2n) is 8.64. The molecule has 158 valence electrons. The van der Waals surface area contributed by atoms with Crippen LogP contribution in [0.1, 0.15) is 30.3 Å². The average Bonchev–Trinajstić information content (AvgIpc) is 3.46. The summed E-state index contributed by atoms with van der Waals surface area (Å²) >= 11 is 0. The molecular weight excluding hydrogens is 380 g/mol. The summed E-state index contributed by atoms with van der Waals surface area (Å²) in [5.41, 5.74) is 4.03. The minimum absolute atomic E-state index is 0.145. The van der Waals surface area contributed by atoms with Gasteiger partial charge in [-0.3, -0.25) is 9.58 Å². The normalized spacial score (nSPS) is 26.8. The van der Waals surface area contributed by atoms with Crippen LogP contribution in [0.3, 0.4) is 0 Å². The summed E-state index contributed by atoms with van der Waals surface area (Å²) in [6.07, 6.45) is 9.30. The number of fused-ring (bicyclic) bond motifs is 1. The largest absolute Gasteiger partial charge is 0.379 e. The zero-order chi connectivity index (χ0) is 20.7. The van der Waals surface area contributed by atoms with Crippen LogP contribution in [0, 0.1) is 18.8 Å². The van der Waals surface area contributed by atoms with Crippen molar-refractivity contribution in [3.8, 4) is 11.3 Å². The van der Waals surface area contributed by atoms with Gasteiger partial charge in [-0.1, -0.05) is 5.21 Å². The number of aryl methyl sites for hydroxylation is 2. The highest BCUT2D eigenvalue weighted by Crippen LogP contribution is 2.42. The molecule has 1 aliphatic carbocycles. The number of likely N-dealkylation sites (tertiary alicyclic amines) is 1. The van der Waals surface area contributed by atoms with E-state index in [9.17, 15) is 0 Å². The molecule has 0 spiro atoms. The highest BCUT2D eigenvalue weighted by atomic mass is 16.5. The predicted octanol–water partition coefficient (Wildman–Crippen LogP) is 1.88. The van der Waals surface area contributed by atoms with E-state index in [-0.39, 0.29) is 12.1 Å². The van der Waals surface area contributed by atoms with E-state index in [4.69, 9.17) is 4.74 Å². The summed E-state index contributed by atoms with van der Waals surface area (Å²) in [5, 5.41) is 13.3. The maximum Gasteiger partial charge on any atom is 0.116 e. The molecular formula is C21H28N8O. The number of methoxy groups -OCH3 is 1. The molecule has 1 aliphatic heterocycles. The summed E-state index contributed by atoms with van der Waals surface area (Å²) in [4.78, 5) is 10.7. The third-order valence-electron chi connectivity index (χ3n) is 6.65. The number of ether oxygens (including phenoxy) is 1. The first-order chi connectivity index (χ1) is 14.6. The summed E-state index contributed by atoms with van der Waals surface area (Å²) in [5.74, 6) is 1.30. The quantitative estimate of drug-likeness (QED) is 0.637. The molecule has 0 N–H and O–H groups in total. The van der Waals surface area contributed by atoms with Gasteiger partial charge < -0.3 is 4.74 Å². The van der Waals surface area contributed by atoms with Gasteiger partial charge in [0, 0.05) is 51.7 Å². The fraction of sp³-hybridized carbons (Fsp3) is 0.571. The Morgan fingerprint density at radius 1 is 1.13 bits per heavy atom. The fourth-order valence-electron chi connectivity index (χ4n) is 5.19. The Hall–Kier alpha value is -2.65. The summed E-state index contributed by atoms with van der Waals surface area (Å²) < 4.78 is 9.90. The number of hydrogen-bond donors (Lipinski definition) is 0. The van der Waals surface area contributed by atoms with E-state index in [1.807, 2.05) is 29.7 Å². The predicted molar refractivity (Wildman–Crippen MR) is 110 cm³/mol. The molecule has 2 aliphatic rings. The molecule has 4 heterocycles. The highest BCUT2D eigenvalue weighted by molar-refractivity contribution is 5.54. The molecule has 0 unspecified atom stereocenters. The first kappa shape index (κ1) is 19.3. The van der Waals surface area contributed by atoms with Crippen LogP contribution >= 0.6 is 0 Å². The van der Waals surface area contributed by atoms with Gasteiger partial charge in [-0.2, -0.15) is 5.10 Å². The maximum atomic E-state index is 5.91. The topological polar surface area (TPSA) is 86.8 Å². The van der Waals surface area contributed by atoms with Gasteiger partial charge in [0.1, 0.15) is 12.0 Å². The van der Waals surface area contributed by atoms with Gasteiger partial charge in [-0.25, -0.2) is 14.6 Å². The van der Waals surface area contributed by atoms with Gasteiger partial charge in [0.2, 0.25) is 0 Å². The van der Waals surface area contributed by atoms with Gasteiger partial charge in [0.25, 0.3) is 0 Å². The van der Waals surface area contributed by atoms with Gasteiger partial charge in [0.05, 0.1) is 29.7 Å². The molecule has 3 aromatic heterocycles. The molecule has 0 radical (unpaired) electrons. The SMILES string of the molecule is CO[C@@H]1C[C@H]2CN(Cc3cc(C)nn3C)C[C@H]2C[C@H]1n1cc(-c2cncnc2)nn1. The summed E-state index contributed by atoms with van der Waals surface area (Å²) in [7, 11) is 3.84. The lowest BCUT2D eigenvalue weighted by atomic mass is 9.77. The van der Waals surface area contributed by atoms with E-state index >= 15 is 0 Å². The van der Waals surface area contributed by atoms with Crippen LogP contribution < -0.4 is 0 Å². The van der Waals surface area contributed by atoms with E-state index in [1.54, 1.807) is 12.4 Å². The van der Waals surface area contributed by atoms with Gasteiger partial charge in [-0.05, 0) is 37.7 Å². The Morgan fingerprint density at radius 2 is 1.90 bits per heavy atom. The molecule has 1 saturated heterocycles. The Morgan fingerprint density at radius 3 is 2.60 bits per heavy atom. The first-order valence-electron chi connectivity index (χ1n) is 10.5. The van der Waals surface area contributed by atoms with Crippen molar-refractivity contribution in [1.82, 2.24) is 39.6 Å². The standard InChI is InChI=1S/C21H28N8O/c1-14-4-18(27(2)25-14)11-28-9-15-5-20(21(30-3)6-16(15)10-28)29-12-19(24-26-29)17-7-22-13-23-8-17/h4,7-8,12-13,15-16,20-21H,5-6,9-11H2,1-3H3/t15-,16+,20-,21-/m1/s1. The molecule has 4 atom stereocenters. The van der Waals surface area contributed by atoms with E-state index < -0.39 is 0 Å². The molecule has 30 heavy (non-hydrogen) atoms. The first-order valence-corrected chi connectivity index (χ1v) is 10.5. The van der Waals surface area contributed by atoms with Crippen molar-refractivity contribution in [3.63, 3.8) is 0 Å². The molecule has 2 fully saturated rings. The smallest absolute Gasteiger partial charge is 0.116 e. The molecule has 5 rings (SSSR count). The van der Waals surface area contributed by atoms with E-state index in [1.165, 1.54) is 12.0 Å². The Bertz CT molecular complexity index is 1000. The van der Waals surface area contributed by atoms with E-state index in [0.717, 1.165) is 49.4 Å². The molecule has 9 nitrogen and oxygen atoms in total. The van der Waals surface area contributed by atoms with Crippen LogP contribution in [-0.4, -0.2) is 65.9 Å². The van der Waals surface area contributed by atoms with E-state index in [2.05, 4.69) is 43.3 Å². The number of aromatic nitrogens is 7. The zero-order valence-electron chi connectivity index (χ0n) is 17.7.